The highest BCUT2D eigenvalue weighted by Gasteiger charge is 2.46. The van der Waals surface area contributed by atoms with Crippen LogP contribution in [0.1, 0.15) is 76.7 Å². The number of carbonyl (C=O) groups excluding carboxylic acids is 5. The lowest BCUT2D eigenvalue weighted by molar-refractivity contribution is -0.136. The molecule has 1 N–H and O–H groups in total. The highest BCUT2D eigenvalue weighted by Crippen LogP contribution is 2.46. The third kappa shape index (κ3) is 6.81. The Balaban J connectivity index is 0.754. The number of fused-ring (bicyclic) bond motifs is 1. The van der Waals surface area contributed by atoms with Crippen molar-refractivity contribution < 1.29 is 24.0 Å². The lowest BCUT2D eigenvalue weighted by Crippen LogP contribution is -2.54. The second-order valence-electron chi connectivity index (χ2n) is 16.6. The quantitative estimate of drug-likeness (QED) is 0.285. The van der Waals surface area contributed by atoms with Crippen molar-refractivity contribution in [2.75, 3.05) is 73.6 Å². The normalized spacial score (nSPS) is 24.8. The largest absolute Gasteiger partial charge is 0.369 e. The molecule has 58 heavy (non-hydrogen) atoms. The molecule has 0 saturated carbocycles. The number of halogens is 1. The molecule has 0 radical (unpaired) electrons. The van der Waals surface area contributed by atoms with Crippen LogP contribution in [0.3, 0.4) is 0 Å². The van der Waals surface area contributed by atoms with Crippen LogP contribution in [-0.2, 0) is 9.59 Å². The molecule has 5 saturated heterocycles. The van der Waals surface area contributed by atoms with Crippen molar-refractivity contribution >= 4 is 64.0 Å². The zero-order chi connectivity index (χ0) is 40.3. The van der Waals surface area contributed by atoms with Gasteiger partial charge in [-0.1, -0.05) is 17.7 Å². The van der Waals surface area contributed by atoms with E-state index in [1.54, 1.807) is 24.3 Å². The van der Waals surface area contributed by atoms with E-state index in [2.05, 4.69) is 46.9 Å². The molecule has 5 amide bonds. The zero-order valence-corrected chi connectivity index (χ0v) is 33.2. The Bertz CT molecular complexity index is 2230. The third-order valence-electron chi connectivity index (χ3n) is 13.2. The van der Waals surface area contributed by atoms with E-state index in [9.17, 15) is 24.0 Å². The smallest absolute Gasteiger partial charge is 0.274 e. The minimum absolute atomic E-state index is 0.0785. The van der Waals surface area contributed by atoms with Crippen molar-refractivity contribution in [3.8, 4) is 0 Å². The summed E-state index contributed by atoms with van der Waals surface area (Å²) in [7, 11) is 0. The number of hydrogen-bond acceptors (Lipinski definition) is 11. The molecule has 7 heterocycles. The number of piperazine rings is 1. The van der Waals surface area contributed by atoms with Crippen molar-refractivity contribution in [1.29, 1.82) is 0 Å². The average molecular weight is 805 g/mol. The van der Waals surface area contributed by atoms with Crippen LogP contribution in [0.15, 0.2) is 48.5 Å². The Kier molecular flexibility index (Phi) is 9.80. The Hall–Kier alpha value is -5.59. The lowest BCUT2D eigenvalue weighted by Gasteiger charge is -2.39. The first-order valence-electron chi connectivity index (χ1n) is 20.2. The fourth-order valence-electron chi connectivity index (χ4n) is 10.00. The zero-order valence-electron chi connectivity index (χ0n) is 32.4. The maximum Gasteiger partial charge on any atom is 0.274 e. The van der Waals surface area contributed by atoms with Gasteiger partial charge in [-0.15, -0.1) is 10.2 Å². The summed E-state index contributed by atoms with van der Waals surface area (Å²) in [5, 5.41) is 11.6. The maximum absolute atomic E-state index is 13.6. The van der Waals surface area contributed by atoms with Crippen molar-refractivity contribution in [2.45, 2.75) is 63.6 Å². The molecular weight excluding hydrogens is 760 g/mol. The number of piperidine rings is 2. The molecule has 3 aromatic rings. The highest BCUT2D eigenvalue weighted by molar-refractivity contribution is 6.33. The Morgan fingerprint density at radius 2 is 1.62 bits per heavy atom. The van der Waals surface area contributed by atoms with Gasteiger partial charge in [-0.3, -0.25) is 39.1 Å². The molecule has 0 bridgehead atoms. The van der Waals surface area contributed by atoms with Gasteiger partial charge in [-0.2, -0.15) is 0 Å². The standard InChI is InChI=1S/C42H45ClN10O5/c1-26-23-42(25-52(26)28-4-6-33(44-2)32(43)22-28)12-15-50(16-13-42)36-9-7-34(46-47-36)41(58)51-14-11-29(24-51)49-19-17-48(18-20-49)27-3-5-30-31(21-27)40(57)53(39(30)56)35-8-10-37(54)45-38(35)55/h3-7,9,21-22,26,29,35H,8,10-20,23-25H2,1H3,(H,45,54,55)/t26-,29+,35?/m0/s1. The van der Waals surface area contributed by atoms with Crippen molar-refractivity contribution in [2.24, 2.45) is 5.41 Å². The van der Waals surface area contributed by atoms with E-state index in [0.717, 1.165) is 93.6 Å². The molecule has 16 heteroatoms. The average Bonchev–Trinajstić information content (AvgIpc) is 3.92. The molecule has 1 spiro atoms. The van der Waals surface area contributed by atoms with Gasteiger partial charge in [0.25, 0.3) is 17.7 Å². The van der Waals surface area contributed by atoms with Gasteiger partial charge in [0.2, 0.25) is 17.5 Å². The number of aromatic nitrogens is 2. The maximum atomic E-state index is 13.6. The number of likely N-dealkylation sites (tertiary alicyclic amines) is 1. The summed E-state index contributed by atoms with van der Waals surface area (Å²) < 4.78 is 0. The van der Waals surface area contributed by atoms with Gasteiger partial charge in [-0.25, -0.2) is 4.85 Å². The van der Waals surface area contributed by atoms with E-state index in [1.807, 2.05) is 29.2 Å². The number of hydrogen-bond donors (Lipinski definition) is 1. The van der Waals surface area contributed by atoms with E-state index in [4.69, 9.17) is 18.2 Å². The number of benzene rings is 2. The molecule has 2 aromatic carbocycles. The monoisotopic (exact) mass is 804 g/mol. The van der Waals surface area contributed by atoms with Gasteiger partial charge >= 0.3 is 0 Å². The van der Waals surface area contributed by atoms with Crippen LogP contribution in [0, 0.1) is 12.0 Å². The van der Waals surface area contributed by atoms with Crippen LogP contribution in [-0.4, -0.2) is 131 Å². The summed E-state index contributed by atoms with van der Waals surface area (Å²) in [6.07, 6.45) is 4.24. The van der Waals surface area contributed by atoms with Crippen LogP contribution in [0.25, 0.3) is 4.85 Å². The second kappa shape index (κ2) is 15.0. The van der Waals surface area contributed by atoms with Crippen LogP contribution in [0.4, 0.5) is 22.9 Å². The molecule has 1 unspecified atom stereocenters. The van der Waals surface area contributed by atoms with Crippen molar-refractivity contribution in [3.63, 3.8) is 0 Å². The fraction of sp³-hybridized carbons (Fsp3) is 0.476. The van der Waals surface area contributed by atoms with Crippen molar-refractivity contribution in [3.05, 3.63) is 81.8 Å². The fourth-order valence-corrected chi connectivity index (χ4v) is 10.2. The van der Waals surface area contributed by atoms with Gasteiger partial charge in [0.1, 0.15) is 6.04 Å². The highest BCUT2D eigenvalue weighted by atomic mass is 35.5. The van der Waals surface area contributed by atoms with Gasteiger partial charge in [0.05, 0.1) is 17.7 Å². The van der Waals surface area contributed by atoms with Gasteiger partial charge in [-0.05, 0) is 86.9 Å². The number of nitrogens with one attached hydrogen (secondary N) is 1. The summed E-state index contributed by atoms with van der Waals surface area (Å²) in [5.74, 6) is -1.36. The predicted molar refractivity (Wildman–Crippen MR) is 216 cm³/mol. The predicted octanol–water partition coefficient (Wildman–Crippen LogP) is 4.00. The van der Waals surface area contributed by atoms with Crippen LogP contribution in [0.2, 0.25) is 5.02 Å². The number of imide groups is 2. The minimum Gasteiger partial charge on any atom is -0.369 e. The van der Waals surface area contributed by atoms with E-state index in [-0.39, 0.29) is 41.3 Å². The Morgan fingerprint density at radius 3 is 2.33 bits per heavy atom. The molecule has 0 aliphatic carbocycles. The molecule has 3 atom stereocenters. The third-order valence-corrected chi connectivity index (χ3v) is 13.5. The van der Waals surface area contributed by atoms with Gasteiger partial charge in [0.15, 0.2) is 11.5 Å². The molecule has 6 aliphatic rings. The van der Waals surface area contributed by atoms with E-state index < -0.39 is 29.7 Å². The SMILES string of the molecule is [C-]#[N+]c1ccc(N2CC3(CCN(c4ccc(C(=O)N5CC[C@@H](N6CCN(c7ccc8c(c7)C(=O)N(C7CCC(=O)NC7=O)C8=O)CC6)C5)nn4)CC3)C[C@@H]2C)cc1Cl. The second-order valence-corrected chi connectivity index (χ2v) is 17.0. The summed E-state index contributed by atoms with van der Waals surface area (Å²) >= 11 is 6.38. The summed E-state index contributed by atoms with van der Waals surface area (Å²) in [6, 6.07) is 14.3. The van der Waals surface area contributed by atoms with Crippen LogP contribution >= 0.6 is 11.6 Å². The van der Waals surface area contributed by atoms with Gasteiger partial charge in [0, 0.05) is 93.8 Å². The summed E-state index contributed by atoms with van der Waals surface area (Å²) in [5.41, 5.74) is 3.49. The summed E-state index contributed by atoms with van der Waals surface area (Å²) in [4.78, 5) is 79.8. The molecular formula is C42H45ClN10O5. The first kappa shape index (κ1) is 38.0. The van der Waals surface area contributed by atoms with Crippen LogP contribution < -0.4 is 20.0 Å². The molecule has 15 nitrogen and oxygen atoms in total. The van der Waals surface area contributed by atoms with E-state index >= 15 is 0 Å². The first-order valence-corrected chi connectivity index (χ1v) is 20.5. The molecule has 6 aliphatic heterocycles. The Labute approximate surface area is 341 Å². The first-order chi connectivity index (χ1) is 28.0. The molecule has 300 valence electrons. The molecule has 5 fully saturated rings. The lowest BCUT2D eigenvalue weighted by atomic mass is 9.77. The number of nitrogens with zero attached hydrogens (tertiary/aromatic N) is 9. The van der Waals surface area contributed by atoms with Gasteiger partial charge < -0.3 is 19.6 Å². The minimum atomic E-state index is -0.992. The Morgan fingerprint density at radius 1 is 0.862 bits per heavy atom. The number of carbonyl (C=O) groups is 5. The van der Waals surface area contributed by atoms with Crippen LogP contribution in [0.5, 0.6) is 0 Å². The van der Waals surface area contributed by atoms with E-state index in [0.29, 0.717) is 35.5 Å². The van der Waals surface area contributed by atoms with Crippen molar-refractivity contribution in [1.82, 2.24) is 30.2 Å². The number of anilines is 3. The molecule has 1 aromatic heterocycles. The molecule has 9 rings (SSSR count). The van der Waals surface area contributed by atoms with E-state index in [1.165, 1.54) is 0 Å². The number of amides is 5. The topological polar surface area (TPSA) is 147 Å². The number of rotatable bonds is 6. The summed E-state index contributed by atoms with van der Waals surface area (Å²) in [6.45, 7) is 16.5.